The molecule has 9 aromatic carbocycles. The molecular formula is C50H32N2. The molecule has 0 radical (unpaired) electrons. The van der Waals surface area contributed by atoms with E-state index < -0.39 is 0 Å². The van der Waals surface area contributed by atoms with E-state index in [2.05, 4.69) is 203 Å². The number of aromatic nitrogens is 2. The quantitative estimate of drug-likeness (QED) is 0.166. The Morgan fingerprint density at radius 3 is 1.19 bits per heavy atom. The third-order valence-electron chi connectivity index (χ3n) is 10.9. The van der Waals surface area contributed by atoms with Crippen molar-refractivity contribution in [1.29, 1.82) is 0 Å². The van der Waals surface area contributed by atoms with Crippen molar-refractivity contribution < 1.29 is 0 Å². The van der Waals surface area contributed by atoms with Gasteiger partial charge in [0.05, 0.1) is 22.1 Å². The van der Waals surface area contributed by atoms with Gasteiger partial charge in [0.2, 0.25) is 0 Å². The van der Waals surface area contributed by atoms with Crippen molar-refractivity contribution in [3.05, 3.63) is 194 Å². The first-order valence-electron chi connectivity index (χ1n) is 17.9. The van der Waals surface area contributed by atoms with Crippen LogP contribution in [0.5, 0.6) is 0 Å². The van der Waals surface area contributed by atoms with E-state index in [0.717, 1.165) is 11.4 Å². The monoisotopic (exact) mass is 660 g/mol. The summed E-state index contributed by atoms with van der Waals surface area (Å²) in [5.74, 6) is 0. The zero-order valence-corrected chi connectivity index (χ0v) is 28.4. The Morgan fingerprint density at radius 2 is 0.635 bits per heavy atom. The van der Waals surface area contributed by atoms with Crippen molar-refractivity contribution in [3.63, 3.8) is 0 Å². The lowest BCUT2D eigenvalue weighted by atomic mass is 9.86. The summed E-state index contributed by atoms with van der Waals surface area (Å²) in [5, 5.41) is 10.1. The highest BCUT2D eigenvalue weighted by atomic mass is 15.0. The van der Waals surface area contributed by atoms with Gasteiger partial charge in [-0.2, -0.15) is 0 Å². The van der Waals surface area contributed by atoms with E-state index in [4.69, 9.17) is 0 Å². The van der Waals surface area contributed by atoms with E-state index >= 15 is 0 Å². The second-order valence-corrected chi connectivity index (χ2v) is 13.7. The molecule has 0 saturated carbocycles. The Hall–Kier alpha value is -6.90. The first kappa shape index (κ1) is 28.9. The Morgan fingerprint density at radius 1 is 0.231 bits per heavy atom. The van der Waals surface area contributed by atoms with Crippen LogP contribution in [0.25, 0.3) is 98.8 Å². The van der Waals surface area contributed by atoms with Crippen molar-refractivity contribution in [2.45, 2.75) is 0 Å². The molecule has 242 valence electrons. The molecular weight excluding hydrogens is 629 g/mol. The molecule has 0 unspecified atom stereocenters. The molecule has 0 saturated heterocycles. The number of fused-ring (bicyclic) bond motifs is 8. The van der Waals surface area contributed by atoms with Gasteiger partial charge in [0, 0.05) is 32.9 Å². The van der Waals surface area contributed by atoms with E-state index in [0.29, 0.717) is 0 Å². The average Bonchev–Trinajstić information content (AvgIpc) is 3.71. The lowest BCUT2D eigenvalue weighted by molar-refractivity contribution is 1.16. The number of benzene rings is 9. The minimum Gasteiger partial charge on any atom is -0.309 e. The molecule has 2 heteroatoms. The molecule has 0 bridgehead atoms. The van der Waals surface area contributed by atoms with Gasteiger partial charge in [-0.1, -0.05) is 140 Å². The second-order valence-electron chi connectivity index (χ2n) is 13.7. The van der Waals surface area contributed by atoms with Crippen LogP contribution < -0.4 is 0 Å². The molecule has 2 heterocycles. The molecule has 11 aromatic rings. The third-order valence-corrected chi connectivity index (χ3v) is 10.9. The minimum absolute atomic E-state index is 1.15. The molecule has 52 heavy (non-hydrogen) atoms. The van der Waals surface area contributed by atoms with Gasteiger partial charge in [0.25, 0.3) is 0 Å². The van der Waals surface area contributed by atoms with Crippen LogP contribution in [-0.4, -0.2) is 9.13 Å². The normalized spacial score (nSPS) is 11.8. The summed E-state index contributed by atoms with van der Waals surface area (Å²) in [6.07, 6.45) is 0. The highest BCUT2D eigenvalue weighted by Gasteiger charge is 2.21. The molecule has 2 nitrogen and oxygen atoms in total. The van der Waals surface area contributed by atoms with Crippen LogP contribution in [0.4, 0.5) is 0 Å². The molecule has 0 aliphatic carbocycles. The first-order valence-corrected chi connectivity index (χ1v) is 17.9. The van der Waals surface area contributed by atoms with Gasteiger partial charge in [0.1, 0.15) is 0 Å². The zero-order valence-electron chi connectivity index (χ0n) is 28.4. The predicted molar refractivity (Wildman–Crippen MR) is 221 cm³/mol. The number of nitrogens with zero attached hydrogens (tertiary/aromatic N) is 2. The summed E-state index contributed by atoms with van der Waals surface area (Å²) in [6.45, 7) is 0. The third kappa shape index (κ3) is 4.19. The van der Waals surface area contributed by atoms with Gasteiger partial charge in [-0.15, -0.1) is 0 Å². The van der Waals surface area contributed by atoms with E-state index in [1.807, 2.05) is 0 Å². The maximum absolute atomic E-state index is 2.44. The van der Waals surface area contributed by atoms with Crippen molar-refractivity contribution in [1.82, 2.24) is 9.13 Å². The average molecular weight is 661 g/mol. The Labute approximate surface area is 301 Å². The number of rotatable bonds is 4. The summed E-state index contributed by atoms with van der Waals surface area (Å²) in [4.78, 5) is 0. The lowest BCUT2D eigenvalue weighted by Gasteiger charge is -2.18. The van der Waals surface area contributed by atoms with E-state index in [9.17, 15) is 0 Å². The summed E-state index contributed by atoms with van der Waals surface area (Å²) in [7, 11) is 0. The Kier molecular flexibility index (Phi) is 6.28. The van der Waals surface area contributed by atoms with Gasteiger partial charge in [-0.05, 0) is 98.4 Å². The van der Waals surface area contributed by atoms with Crippen LogP contribution in [0.2, 0.25) is 0 Å². The molecule has 0 fully saturated rings. The summed E-state index contributed by atoms with van der Waals surface area (Å²) in [5.41, 5.74) is 12.1. The van der Waals surface area contributed by atoms with Crippen LogP contribution in [0.3, 0.4) is 0 Å². The Bertz CT molecular complexity index is 3090. The van der Waals surface area contributed by atoms with Crippen molar-refractivity contribution in [3.8, 4) is 33.6 Å². The van der Waals surface area contributed by atoms with Crippen molar-refractivity contribution in [2.24, 2.45) is 0 Å². The molecule has 11 rings (SSSR count). The lowest BCUT2D eigenvalue weighted by Crippen LogP contribution is -1.95. The van der Waals surface area contributed by atoms with Crippen LogP contribution in [-0.2, 0) is 0 Å². The SMILES string of the molecule is c1ccc(-c2c3ccccc3c(-c3ccc4c(c3)c3cc5c6ccccc6n(-c6ccccc6)c5cc3n4-c3ccccc3)c3ccccc23)cc1. The van der Waals surface area contributed by atoms with Crippen LogP contribution in [0.1, 0.15) is 0 Å². The van der Waals surface area contributed by atoms with Gasteiger partial charge in [-0.25, -0.2) is 0 Å². The van der Waals surface area contributed by atoms with Crippen molar-refractivity contribution in [2.75, 3.05) is 0 Å². The fourth-order valence-electron chi connectivity index (χ4n) is 8.70. The fraction of sp³-hybridized carbons (Fsp3) is 0. The van der Waals surface area contributed by atoms with Gasteiger partial charge < -0.3 is 9.13 Å². The van der Waals surface area contributed by atoms with E-state index in [1.54, 1.807) is 0 Å². The molecule has 0 amide bonds. The first-order chi connectivity index (χ1) is 25.8. The molecule has 0 aliphatic rings. The summed E-state index contributed by atoms with van der Waals surface area (Å²) >= 11 is 0. The number of hydrogen-bond donors (Lipinski definition) is 0. The van der Waals surface area contributed by atoms with Gasteiger partial charge in [0.15, 0.2) is 0 Å². The maximum atomic E-state index is 2.44. The van der Waals surface area contributed by atoms with Crippen LogP contribution in [0, 0.1) is 0 Å². The zero-order chi connectivity index (χ0) is 34.2. The maximum Gasteiger partial charge on any atom is 0.0562 e. The van der Waals surface area contributed by atoms with Gasteiger partial charge in [-0.3, -0.25) is 0 Å². The highest BCUT2D eigenvalue weighted by molar-refractivity contribution is 6.23. The number of para-hydroxylation sites is 3. The fourth-order valence-corrected chi connectivity index (χ4v) is 8.70. The van der Waals surface area contributed by atoms with Crippen LogP contribution in [0.15, 0.2) is 194 Å². The van der Waals surface area contributed by atoms with Crippen LogP contribution >= 0.6 is 0 Å². The minimum atomic E-state index is 1.15. The molecule has 0 N–H and O–H groups in total. The topological polar surface area (TPSA) is 9.86 Å². The summed E-state index contributed by atoms with van der Waals surface area (Å²) in [6, 6.07) is 70.9. The highest BCUT2D eigenvalue weighted by Crippen LogP contribution is 2.46. The molecule has 0 atom stereocenters. The van der Waals surface area contributed by atoms with E-state index in [-0.39, 0.29) is 0 Å². The largest absolute Gasteiger partial charge is 0.309 e. The predicted octanol–water partition coefficient (Wildman–Crippen LogP) is 13.5. The van der Waals surface area contributed by atoms with Crippen molar-refractivity contribution >= 4 is 65.2 Å². The smallest absolute Gasteiger partial charge is 0.0562 e. The molecule has 0 spiro atoms. The van der Waals surface area contributed by atoms with E-state index in [1.165, 1.54) is 87.4 Å². The second kappa shape index (κ2) is 11.3. The molecule has 0 aliphatic heterocycles. The summed E-state index contributed by atoms with van der Waals surface area (Å²) < 4.78 is 4.85. The molecule has 2 aromatic heterocycles. The number of hydrogen-bond acceptors (Lipinski definition) is 0. The standard InChI is InChI=1S/C50H32N2/c1-4-16-33(17-5-1)49-38-23-10-12-25-40(38)50(41-26-13-11-24-39(41)49)34-28-29-46-42(30-34)44-31-43-37-22-14-15-27-45(37)51(35-18-6-2-7-19-35)47(43)32-48(44)52(46)36-20-8-3-9-21-36/h1-32H. The van der Waals surface area contributed by atoms with Gasteiger partial charge >= 0.3 is 0 Å². The Balaban J connectivity index is 1.26.